The monoisotopic (exact) mass is 423 g/mol. The summed E-state index contributed by atoms with van der Waals surface area (Å²) in [5, 5.41) is 2.81. The Labute approximate surface area is 178 Å². The van der Waals surface area contributed by atoms with Crippen molar-refractivity contribution in [1.82, 2.24) is 9.88 Å². The zero-order chi connectivity index (χ0) is 20.6. The van der Waals surface area contributed by atoms with E-state index in [0.29, 0.717) is 16.1 Å². The average molecular weight is 424 g/mol. The molecule has 0 atom stereocenters. The zero-order valence-electron chi connectivity index (χ0n) is 16.2. The summed E-state index contributed by atoms with van der Waals surface area (Å²) in [5.74, 6) is 0.614. The van der Waals surface area contributed by atoms with Gasteiger partial charge in [-0.15, -0.1) is 11.8 Å². The summed E-state index contributed by atoms with van der Waals surface area (Å²) in [4.78, 5) is 32.1. The van der Waals surface area contributed by atoms with Gasteiger partial charge in [0, 0.05) is 47.6 Å². The van der Waals surface area contributed by atoms with Crippen LogP contribution in [0.3, 0.4) is 0 Å². The van der Waals surface area contributed by atoms with Crippen molar-refractivity contribution in [2.24, 2.45) is 0 Å². The third-order valence-electron chi connectivity index (χ3n) is 3.94. The molecule has 0 aliphatic carbocycles. The van der Waals surface area contributed by atoms with Gasteiger partial charge in [0.05, 0.1) is 5.69 Å². The van der Waals surface area contributed by atoms with E-state index >= 15 is 0 Å². The molecular formula is C22H21N3O2S2. The summed E-state index contributed by atoms with van der Waals surface area (Å²) in [6, 6.07) is 18.7. The zero-order valence-corrected chi connectivity index (χ0v) is 17.8. The summed E-state index contributed by atoms with van der Waals surface area (Å²) >= 11 is 2.78. The first kappa shape index (κ1) is 21.0. The van der Waals surface area contributed by atoms with Crippen LogP contribution in [0, 0.1) is 0 Å². The number of carbonyl (C=O) groups is 2. The van der Waals surface area contributed by atoms with Gasteiger partial charge in [-0.3, -0.25) is 14.6 Å². The lowest BCUT2D eigenvalue weighted by atomic mass is 10.2. The lowest BCUT2D eigenvalue weighted by molar-refractivity contribution is 0.102. The molecule has 0 spiro atoms. The normalized spacial score (nSPS) is 10.4. The molecule has 0 bridgehead atoms. The molecule has 148 valence electrons. The van der Waals surface area contributed by atoms with E-state index in [1.54, 1.807) is 38.1 Å². The maximum absolute atomic E-state index is 12.6. The Morgan fingerprint density at radius 2 is 1.76 bits per heavy atom. The Morgan fingerprint density at radius 1 is 1.00 bits per heavy atom. The van der Waals surface area contributed by atoms with Crippen LogP contribution in [0.25, 0.3) is 0 Å². The summed E-state index contributed by atoms with van der Waals surface area (Å²) in [6.07, 6.45) is 3.61. The van der Waals surface area contributed by atoms with Crippen molar-refractivity contribution in [2.45, 2.75) is 15.5 Å². The van der Waals surface area contributed by atoms with E-state index < -0.39 is 0 Å². The Balaban J connectivity index is 1.63. The minimum absolute atomic E-state index is 0.0957. The second-order valence-corrected chi connectivity index (χ2v) is 8.43. The molecule has 0 aliphatic heterocycles. The number of amides is 2. The Bertz CT molecular complexity index is 977. The van der Waals surface area contributed by atoms with Crippen molar-refractivity contribution >= 4 is 40.4 Å². The van der Waals surface area contributed by atoms with E-state index in [4.69, 9.17) is 0 Å². The van der Waals surface area contributed by atoms with Gasteiger partial charge >= 0.3 is 0 Å². The summed E-state index contributed by atoms with van der Waals surface area (Å²) in [7, 11) is 3.40. The van der Waals surface area contributed by atoms with Crippen LogP contribution in [0.15, 0.2) is 82.8 Å². The SMILES string of the molecule is CN(C)C(=O)Sc1ccccc1NC(=O)c1ccc(SCc2cccnc2)cc1. The van der Waals surface area contributed by atoms with E-state index in [9.17, 15) is 9.59 Å². The van der Waals surface area contributed by atoms with Gasteiger partial charge in [-0.05, 0) is 59.8 Å². The maximum atomic E-state index is 12.6. The van der Waals surface area contributed by atoms with Crippen LogP contribution in [0.2, 0.25) is 0 Å². The van der Waals surface area contributed by atoms with Crippen LogP contribution in [0.5, 0.6) is 0 Å². The number of anilines is 1. The van der Waals surface area contributed by atoms with Crippen molar-refractivity contribution < 1.29 is 9.59 Å². The van der Waals surface area contributed by atoms with Crippen LogP contribution in [0.4, 0.5) is 10.5 Å². The molecule has 0 saturated heterocycles. The van der Waals surface area contributed by atoms with E-state index in [2.05, 4.69) is 10.3 Å². The van der Waals surface area contributed by atoms with Gasteiger partial charge in [0.1, 0.15) is 0 Å². The van der Waals surface area contributed by atoms with Gasteiger partial charge < -0.3 is 10.2 Å². The van der Waals surface area contributed by atoms with Crippen molar-refractivity contribution in [3.05, 3.63) is 84.2 Å². The van der Waals surface area contributed by atoms with Crippen molar-refractivity contribution in [1.29, 1.82) is 0 Å². The molecule has 3 aromatic rings. The highest BCUT2D eigenvalue weighted by Crippen LogP contribution is 2.29. The first-order chi connectivity index (χ1) is 14.0. The van der Waals surface area contributed by atoms with Gasteiger partial charge in [0.25, 0.3) is 11.1 Å². The highest BCUT2D eigenvalue weighted by Gasteiger charge is 2.13. The lowest BCUT2D eigenvalue weighted by Crippen LogP contribution is -2.17. The van der Waals surface area contributed by atoms with E-state index in [0.717, 1.165) is 28.0 Å². The second-order valence-electron chi connectivity index (χ2n) is 6.39. The third-order valence-corrected chi connectivity index (χ3v) is 6.14. The van der Waals surface area contributed by atoms with Gasteiger partial charge in [0.2, 0.25) is 0 Å². The number of para-hydroxylation sites is 1. The number of hydrogen-bond donors (Lipinski definition) is 1. The molecule has 29 heavy (non-hydrogen) atoms. The largest absolute Gasteiger partial charge is 0.339 e. The second kappa shape index (κ2) is 10.1. The summed E-state index contributed by atoms with van der Waals surface area (Å²) in [5.41, 5.74) is 2.34. The highest BCUT2D eigenvalue weighted by atomic mass is 32.2. The Hall–Kier alpha value is -2.77. The topological polar surface area (TPSA) is 62.3 Å². The minimum Gasteiger partial charge on any atom is -0.339 e. The lowest BCUT2D eigenvalue weighted by Gasteiger charge is -2.13. The maximum Gasteiger partial charge on any atom is 0.286 e. The molecule has 1 N–H and O–H groups in total. The van der Waals surface area contributed by atoms with E-state index in [1.807, 2.05) is 60.8 Å². The van der Waals surface area contributed by atoms with Gasteiger partial charge in [-0.1, -0.05) is 18.2 Å². The molecule has 2 amide bonds. The quantitative estimate of drug-likeness (QED) is 0.538. The van der Waals surface area contributed by atoms with Crippen LogP contribution in [-0.2, 0) is 5.75 Å². The van der Waals surface area contributed by atoms with Crippen molar-refractivity contribution in [3.8, 4) is 0 Å². The molecule has 1 heterocycles. The fraction of sp³-hybridized carbons (Fsp3) is 0.136. The number of benzene rings is 2. The van der Waals surface area contributed by atoms with Crippen LogP contribution in [-0.4, -0.2) is 35.1 Å². The van der Waals surface area contributed by atoms with E-state index in [-0.39, 0.29) is 11.1 Å². The van der Waals surface area contributed by atoms with Crippen molar-refractivity contribution in [2.75, 3.05) is 19.4 Å². The molecule has 0 radical (unpaired) electrons. The Kier molecular flexibility index (Phi) is 7.32. The highest BCUT2D eigenvalue weighted by molar-refractivity contribution is 8.13. The van der Waals surface area contributed by atoms with Crippen LogP contribution >= 0.6 is 23.5 Å². The number of carbonyl (C=O) groups excluding carboxylic acids is 2. The van der Waals surface area contributed by atoms with Gasteiger partial charge in [-0.25, -0.2) is 0 Å². The number of rotatable bonds is 6. The Morgan fingerprint density at radius 3 is 2.45 bits per heavy atom. The standard InChI is InChI=1S/C22H21N3O2S2/c1-25(2)22(27)29-20-8-4-3-7-19(20)24-21(26)17-9-11-18(12-10-17)28-15-16-6-5-13-23-14-16/h3-14H,15H2,1-2H3,(H,24,26). The van der Waals surface area contributed by atoms with Crippen molar-refractivity contribution in [3.63, 3.8) is 0 Å². The van der Waals surface area contributed by atoms with Crippen LogP contribution < -0.4 is 5.32 Å². The molecular weight excluding hydrogens is 402 g/mol. The average Bonchev–Trinajstić information content (AvgIpc) is 2.74. The molecule has 0 unspecified atom stereocenters. The number of aromatic nitrogens is 1. The van der Waals surface area contributed by atoms with Gasteiger partial charge in [0.15, 0.2) is 0 Å². The predicted octanol–water partition coefficient (Wildman–Crippen LogP) is 5.40. The van der Waals surface area contributed by atoms with Gasteiger partial charge in [-0.2, -0.15) is 0 Å². The minimum atomic E-state index is -0.209. The summed E-state index contributed by atoms with van der Waals surface area (Å²) < 4.78 is 0. The number of thioether (sulfide) groups is 2. The smallest absolute Gasteiger partial charge is 0.286 e. The third kappa shape index (κ3) is 6.10. The summed E-state index contributed by atoms with van der Waals surface area (Å²) in [6.45, 7) is 0. The fourth-order valence-corrected chi connectivity index (χ4v) is 3.97. The fourth-order valence-electron chi connectivity index (χ4n) is 2.39. The first-order valence-electron chi connectivity index (χ1n) is 8.94. The molecule has 1 aromatic heterocycles. The number of hydrogen-bond acceptors (Lipinski definition) is 5. The molecule has 0 fully saturated rings. The molecule has 2 aromatic carbocycles. The molecule has 0 saturated carbocycles. The number of nitrogens with one attached hydrogen (secondary N) is 1. The van der Waals surface area contributed by atoms with Crippen LogP contribution in [0.1, 0.15) is 15.9 Å². The molecule has 5 nitrogen and oxygen atoms in total. The number of pyridine rings is 1. The van der Waals surface area contributed by atoms with E-state index in [1.165, 1.54) is 4.90 Å². The number of nitrogens with zero attached hydrogens (tertiary/aromatic N) is 2. The first-order valence-corrected chi connectivity index (χ1v) is 10.7. The predicted molar refractivity (Wildman–Crippen MR) is 120 cm³/mol. The molecule has 0 aliphatic rings. The molecule has 3 rings (SSSR count). The molecule has 7 heteroatoms.